The van der Waals surface area contributed by atoms with Gasteiger partial charge in [-0.15, -0.1) is 0 Å². The first-order valence-electron chi connectivity index (χ1n) is 8.87. The Morgan fingerprint density at radius 3 is 2.30 bits per heavy atom. The van der Waals surface area contributed by atoms with Crippen LogP contribution in [0.2, 0.25) is 0 Å². The van der Waals surface area contributed by atoms with Crippen LogP contribution in [0.1, 0.15) is 78.1 Å². The minimum atomic E-state index is 0.366. The van der Waals surface area contributed by atoms with Crippen molar-refractivity contribution < 1.29 is 0 Å². The Kier molecular flexibility index (Phi) is 2.76. The topological polar surface area (TPSA) is 26.0 Å². The number of hydrogen-bond acceptors (Lipinski definition) is 1. The van der Waals surface area contributed by atoms with Crippen molar-refractivity contribution in [1.29, 1.82) is 0 Å². The molecule has 1 heteroatoms. The Hall–Kier alpha value is -0.300. The highest BCUT2D eigenvalue weighted by molar-refractivity contribution is 5.23. The zero-order valence-corrected chi connectivity index (χ0v) is 13.4. The van der Waals surface area contributed by atoms with Gasteiger partial charge in [-0.05, 0) is 86.4 Å². The molecule has 5 aliphatic rings. The molecule has 3 unspecified atom stereocenters. The summed E-state index contributed by atoms with van der Waals surface area (Å²) in [5.74, 6) is 0.969. The van der Waals surface area contributed by atoms with Gasteiger partial charge in [0.1, 0.15) is 0 Å². The van der Waals surface area contributed by atoms with Gasteiger partial charge in [-0.1, -0.05) is 25.5 Å². The molecule has 0 heterocycles. The van der Waals surface area contributed by atoms with E-state index in [0.29, 0.717) is 22.3 Å². The fraction of sp³-hybridized carbons (Fsp3) is 0.895. The van der Waals surface area contributed by atoms with Gasteiger partial charge >= 0.3 is 0 Å². The van der Waals surface area contributed by atoms with E-state index in [1.807, 2.05) is 0 Å². The maximum atomic E-state index is 6.90. The fourth-order valence-electron chi connectivity index (χ4n) is 7.42. The lowest BCUT2D eigenvalue weighted by molar-refractivity contribution is -0.150. The average molecular weight is 273 g/mol. The van der Waals surface area contributed by atoms with Crippen LogP contribution < -0.4 is 5.73 Å². The van der Waals surface area contributed by atoms with E-state index >= 15 is 0 Å². The maximum absolute atomic E-state index is 6.90. The van der Waals surface area contributed by atoms with Crippen molar-refractivity contribution >= 4 is 0 Å². The monoisotopic (exact) mass is 273 g/mol. The number of nitrogens with two attached hydrogens (primary N) is 1. The van der Waals surface area contributed by atoms with Crippen LogP contribution in [-0.4, -0.2) is 6.04 Å². The predicted octanol–water partition coefficient (Wildman–Crippen LogP) is 4.81. The third-order valence-corrected chi connectivity index (χ3v) is 7.05. The van der Waals surface area contributed by atoms with Crippen LogP contribution in [0.4, 0.5) is 0 Å². The Morgan fingerprint density at radius 2 is 1.75 bits per heavy atom. The van der Waals surface area contributed by atoms with Crippen LogP contribution in [0.3, 0.4) is 0 Å². The van der Waals surface area contributed by atoms with Gasteiger partial charge in [0.05, 0.1) is 0 Å². The van der Waals surface area contributed by atoms with Crippen molar-refractivity contribution in [1.82, 2.24) is 0 Å². The zero-order valence-electron chi connectivity index (χ0n) is 13.4. The SMILES string of the molecule is CC12CC3CC(C)(C1)CC(C(N)C1=CCCCC1)(C3)C2. The van der Waals surface area contributed by atoms with Gasteiger partial charge in [0.2, 0.25) is 0 Å². The van der Waals surface area contributed by atoms with Crippen LogP contribution in [0.25, 0.3) is 0 Å². The Morgan fingerprint density at radius 1 is 1.05 bits per heavy atom. The van der Waals surface area contributed by atoms with Gasteiger partial charge in [0, 0.05) is 6.04 Å². The molecule has 4 bridgehead atoms. The van der Waals surface area contributed by atoms with E-state index in [1.54, 1.807) is 5.57 Å². The van der Waals surface area contributed by atoms with E-state index in [0.717, 1.165) is 5.92 Å². The molecule has 0 amide bonds. The first kappa shape index (κ1) is 13.4. The number of allylic oxidation sites excluding steroid dienone is 1. The summed E-state index contributed by atoms with van der Waals surface area (Å²) in [6.07, 6.45) is 16.5. The molecule has 20 heavy (non-hydrogen) atoms. The smallest absolute Gasteiger partial charge is 0.0311 e. The van der Waals surface area contributed by atoms with Crippen LogP contribution in [0, 0.1) is 22.2 Å². The Labute approximate surface area is 124 Å². The number of hydrogen-bond donors (Lipinski definition) is 1. The van der Waals surface area contributed by atoms with E-state index in [9.17, 15) is 0 Å². The molecule has 112 valence electrons. The van der Waals surface area contributed by atoms with Crippen molar-refractivity contribution in [3.05, 3.63) is 11.6 Å². The molecule has 5 aliphatic carbocycles. The second-order valence-electron chi connectivity index (χ2n) is 9.49. The van der Waals surface area contributed by atoms with E-state index in [-0.39, 0.29) is 0 Å². The Bertz CT molecular complexity index is 431. The lowest BCUT2D eigenvalue weighted by Gasteiger charge is -2.67. The third kappa shape index (κ3) is 1.92. The molecular weight excluding hydrogens is 242 g/mol. The van der Waals surface area contributed by atoms with Crippen molar-refractivity contribution in [3.63, 3.8) is 0 Å². The van der Waals surface area contributed by atoms with Crippen LogP contribution in [0.5, 0.6) is 0 Å². The molecule has 0 spiro atoms. The molecular formula is C19H31N. The van der Waals surface area contributed by atoms with E-state index < -0.39 is 0 Å². The standard InChI is InChI=1S/C19H31N/c1-17-8-14-9-18(2,11-17)13-19(10-14,12-17)16(20)15-6-4-3-5-7-15/h6,14,16H,3-5,7-13,20H2,1-2H3. The van der Waals surface area contributed by atoms with Gasteiger partial charge < -0.3 is 5.73 Å². The minimum absolute atomic E-state index is 0.366. The zero-order chi connectivity index (χ0) is 14.0. The van der Waals surface area contributed by atoms with Gasteiger partial charge in [-0.2, -0.15) is 0 Å². The first-order valence-corrected chi connectivity index (χ1v) is 8.87. The second-order valence-corrected chi connectivity index (χ2v) is 9.49. The average Bonchev–Trinajstić information content (AvgIpc) is 2.34. The molecule has 0 aliphatic heterocycles. The minimum Gasteiger partial charge on any atom is -0.324 e. The highest BCUT2D eigenvalue weighted by Gasteiger charge is 2.61. The third-order valence-electron chi connectivity index (χ3n) is 7.05. The van der Waals surface area contributed by atoms with Crippen LogP contribution in [-0.2, 0) is 0 Å². The lowest BCUT2D eigenvalue weighted by Crippen LogP contribution is -2.61. The van der Waals surface area contributed by atoms with Crippen molar-refractivity contribution in [3.8, 4) is 0 Å². The molecule has 0 aromatic heterocycles. The van der Waals surface area contributed by atoms with Gasteiger partial charge in [-0.3, -0.25) is 0 Å². The first-order chi connectivity index (χ1) is 9.42. The highest BCUT2D eigenvalue weighted by atomic mass is 14.8. The second kappa shape index (κ2) is 4.12. The number of rotatable bonds is 2. The highest BCUT2D eigenvalue weighted by Crippen LogP contribution is 2.70. The summed E-state index contributed by atoms with van der Waals surface area (Å²) in [4.78, 5) is 0. The van der Waals surface area contributed by atoms with Crippen molar-refractivity contribution in [2.75, 3.05) is 0 Å². The molecule has 0 radical (unpaired) electrons. The summed E-state index contributed by atoms with van der Waals surface area (Å²) in [6.45, 7) is 5.12. The summed E-state index contributed by atoms with van der Waals surface area (Å²) < 4.78 is 0. The quantitative estimate of drug-likeness (QED) is 0.718. The lowest BCUT2D eigenvalue weighted by atomic mass is 9.38. The van der Waals surface area contributed by atoms with Crippen LogP contribution in [0.15, 0.2) is 11.6 Å². The molecule has 1 nitrogen and oxygen atoms in total. The molecule has 3 atom stereocenters. The fourth-order valence-corrected chi connectivity index (χ4v) is 7.42. The van der Waals surface area contributed by atoms with Gasteiger partial charge in [0.25, 0.3) is 0 Å². The molecule has 4 saturated carbocycles. The van der Waals surface area contributed by atoms with E-state index in [4.69, 9.17) is 5.73 Å². The molecule has 4 fully saturated rings. The maximum Gasteiger partial charge on any atom is 0.0311 e. The van der Waals surface area contributed by atoms with E-state index in [2.05, 4.69) is 19.9 Å². The Balaban J connectivity index is 1.68. The molecule has 0 aromatic rings. The van der Waals surface area contributed by atoms with Gasteiger partial charge in [-0.25, -0.2) is 0 Å². The molecule has 2 N–H and O–H groups in total. The van der Waals surface area contributed by atoms with E-state index in [1.165, 1.54) is 64.2 Å². The van der Waals surface area contributed by atoms with Crippen LogP contribution >= 0.6 is 0 Å². The summed E-state index contributed by atoms with van der Waals surface area (Å²) in [5, 5.41) is 0. The summed E-state index contributed by atoms with van der Waals surface area (Å²) in [6, 6.07) is 0.366. The summed E-state index contributed by atoms with van der Waals surface area (Å²) in [5.41, 5.74) is 10.2. The predicted molar refractivity (Wildman–Crippen MR) is 84.4 cm³/mol. The summed E-state index contributed by atoms with van der Waals surface area (Å²) in [7, 11) is 0. The molecule has 5 rings (SSSR count). The summed E-state index contributed by atoms with van der Waals surface area (Å²) >= 11 is 0. The molecule has 0 saturated heterocycles. The normalized spacial score (nSPS) is 52.0. The molecule has 0 aromatic carbocycles. The van der Waals surface area contributed by atoms with Crippen molar-refractivity contribution in [2.24, 2.45) is 27.9 Å². The van der Waals surface area contributed by atoms with Crippen molar-refractivity contribution in [2.45, 2.75) is 84.1 Å². The largest absolute Gasteiger partial charge is 0.324 e. The van der Waals surface area contributed by atoms with Gasteiger partial charge in [0.15, 0.2) is 0 Å².